The van der Waals surface area contributed by atoms with Crippen LogP contribution in [-0.2, 0) is 16.0 Å². The highest BCUT2D eigenvalue weighted by molar-refractivity contribution is 6.04. The number of anilines is 1. The fourth-order valence-electron chi connectivity index (χ4n) is 4.42. The standard InChI is InChI=1S/C25H30N4O4/c1-2-23-22-8-7-21(15-20(22)9-10-28(23)17-24(30)31)27-25(32)19-5-3-18(4-6-19)16-26-29-11-13-33-14-12-29/h3-8,15-16,23H,2,9-14,17H2,1H3,(H,27,32)(H,30,31). The van der Waals surface area contributed by atoms with E-state index in [1.54, 1.807) is 18.3 Å². The van der Waals surface area contributed by atoms with E-state index < -0.39 is 5.97 Å². The quantitative estimate of drug-likeness (QED) is 0.630. The largest absolute Gasteiger partial charge is 0.480 e. The average molecular weight is 451 g/mol. The molecule has 2 aromatic carbocycles. The number of carboxylic acid groups (broad SMARTS) is 1. The SMILES string of the molecule is CCC1c2ccc(NC(=O)c3ccc(C=NN4CCOCC4)cc3)cc2CCN1CC(=O)O. The molecule has 8 nitrogen and oxygen atoms in total. The molecule has 33 heavy (non-hydrogen) atoms. The number of fused-ring (bicyclic) bond motifs is 1. The molecule has 0 bridgehead atoms. The molecule has 2 aliphatic rings. The average Bonchev–Trinajstić information content (AvgIpc) is 2.83. The molecule has 1 unspecified atom stereocenters. The topological polar surface area (TPSA) is 94.5 Å². The number of carboxylic acids is 1. The van der Waals surface area contributed by atoms with Gasteiger partial charge in [-0.15, -0.1) is 0 Å². The van der Waals surface area contributed by atoms with Gasteiger partial charge in [0.05, 0.1) is 39.1 Å². The molecule has 0 aliphatic carbocycles. The van der Waals surface area contributed by atoms with Crippen molar-refractivity contribution in [1.82, 2.24) is 9.91 Å². The second-order valence-corrected chi connectivity index (χ2v) is 8.34. The molecular weight excluding hydrogens is 420 g/mol. The molecule has 1 saturated heterocycles. The first-order valence-corrected chi connectivity index (χ1v) is 11.4. The minimum absolute atomic E-state index is 0.0452. The van der Waals surface area contributed by atoms with Gasteiger partial charge in [-0.2, -0.15) is 5.10 Å². The third-order valence-corrected chi connectivity index (χ3v) is 6.12. The number of nitrogens with zero attached hydrogens (tertiary/aromatic N) is 3. The lowest BCUT2D eigenvalue weighted by Gasteiger charge is -2.36. The maximum absolute atomic E-state index is 12.8. The molecule has 1 amide bonds. The predicted octanol–water partition coefficient (Wildman–Crippen LogP) is 3.00. The van der Waals surface area contributed by atoms with Gasteiger partial charge in [-0.05, 0) is 53.8 Å². The van der Waals surface area contributed by atoms with Crippen LogP contribution in [0.1, 0.15) is 46.4 Å². The van der Waals surface area contributed by atoms with Gasteiger partial charge in [-0.1, -0.05) is 25.1 Å². The van der Waals surface area contributed by atoms with Gasteiger partial charge in [0.25, 0.3) is 5.91 Å². The Balaban J connectivity index is 1.39. The summed E-state index contributed by atoms with van der Waals surface area (Å²) in [7, 11) is 0. The van der Waals surface area contributed by atoms with Crippen molar-refractivity contribution >= 4 is 23.8 Å². The summed E-state index contributed by atoms with van der Waals surface area (Å²) in [6, 6.07) is 13.4. The van der Waals surface area contributed by atoms with Gasteiger partial charge in [-0.3, -0.25) is 19.5 Å². The molecule has 4 rings (SSSR count). The second-order valence-electron chi connectivity index (χ2n) is 8.34. The summed E-state index contributed by atoms with van der Waals surface area (Å²) in [6.45, 7) is 5.77. The molecule has 1 atom stereocenters. The van der Waals surface area contributed by atoms with Crippen molar-refractivity contribution < 1.29 is 19.4 Å². The van der Waals surface area contributed by atoms with E-state index in [1.165, 1.54) is 0 Å². The number of rotatable bonds is 7. The van der Waals surface area contributed by atoms with Crippen LogP contribution < -0.4 is 5.32 Å². The van der Waals surface area contributed by atoms with Crippen molar-refractivity contribution in [2.24, 2.45) is 5.10 Å². The molecule has 0 saturated carbocycles. The maximum atomic E-state index is 12.8. The van der Waals surface area contributed by atoms with Crippen LogP contribution >= 0.6 is 0 Å². The minimum Gasteiger partial charge on any atom is -0.480 e. The molecule has 2 heterocycles. The monoisotopic (exact) mass is 450 g/mol. The number of carbonyl (C=O) groups is 2. The molecule has 2 aromatic rings. The molecule has 2 N–H and O–H groups in total. The fraction of sp³-hybridized carbons (Fsp3) is 0.400. The summed E-state index contributed by atoms with van der Waals surface area (Å²) in [4.78, 5) is 25.9. The summed E-state index contributed by atoms with van der Waals surface area (Å²) < 4.78 is 5.32. The van der Waals surface area contributed by atoms with Gasteiger partial charge < -0.3 is 15.2 Å². The van der Waals surface area contributed by atoms with Crippen molar-refractivity contribution in [2.75, 3.05) is 44.7 Å². The number of carbonyl (C=O) groups excluding carboxylic acids is 1. The Labute approximate surface area is 193 Å². The third-order valence-electron chi connectivity index (χ3n) is 6.12. The van der Waals surface area contributed by atoms with Crippen LogP contribution in [0.2, 0.25) is 0 Å². The number of aliphatic carboxylic acids is 1. The van der Waals surface area contributed by atoms with Crippen molar-refractivity contribution in [1.29, 1.82) is 0 Å². The zero-order valence-electron chi connectivity index (χ0n) is 18.9. The fourth-order valence-corrected chi connectivity index (χ4v) is 4.42. The zero-order valence-corrected chi connectivity index (χ0v) is 18.9. The third kappa shape index (κ3) is 5.77. The number of hydrogen-bond acceptors (Lipinski definition) is 6. The number of hydrogen-bond donors (Lipinski definition) is 2. The minimum atomic E-state index is -0.806. The van der Waals surface area contributed by atoms with Gasteiger partial charge in [-0.25, -0.2) is 0 Å². The van der Waals surface area contributed by atoms with Crippen LogP contribution in [0.15, 0.2) is 47.6 Å². The Bertz CT molecular complexity index is 1020. The van der Waals surface area contributed by atoms with E-state index in [-0.39, 0.29) is 18.5 Å². The number of nitrogens with one attached hydrogen (secondary N) is 1. The molecule has 0 spiro atoms. The van der Waals surface area contributed by atoms with E-state index in [4.69, 9.17) is 4.74 Å². The molecule has 8 heteroatoms. The summed E-state index contributed by atoms with van der Waals surface area (Å²) >= 11 is 0. The normalized spacial score (nSPS) is 18.8. The number of morpholine rings is 1. The highest BCUT2D eigenvalue weighted by atomic mass is 16.5. The van der Waals surface area contributed by atoms with Crippen LogP contribution in [0.4, 0.5) is 5.69 Å². The van der Waals surface area contributed by atoms with Gasteiger partial charge in [0.1, 0.15) is 0 Å². The summed E-state index contributed by atoms with van der Waals surface area (Å²) in [5, 5.41) is 18.6. The van der Waals surface area contributed by atoms with Crippen LogP contribution in [-0.4, -0.2) is 72.5 Å². The first-order chi connectivity index (χ1) is 16.0. The second kappa shape index (κ2) is 10.6. The van der Waals surface area contributed by atoms with E-state index in [0.717, 1.165) is 48.3 Å². The Morgan fingerprint density at radius 3 is 2.61 bits per heavy atom. The van der Waals surface area contributed by atoms with Crippen molar-refractivity contribution in [3.63, 3.8) is 0 Å². The zero-order chi connectivity index (χ0) is 23.2. The molecule has 0 aromatic heterocycles. The lowest BCUT2D eigenvalue weighted by molar-refractivity contribution is -0.139. The summed E-state index contributed by atoms with van der Waals surface area (Å²) in [5.41, 5.74) is 4.57. The molecular formula is C25H30N4O4. The summed E-state index contributed by atoms with van der Waals surface area (Å²) in [5.74, 6) is -0.971. The van der Waals surface area contributed by atoms with Crippen LogP contribution in [0, 0.1) is 0 Å². The first-order valence-electron chi connectivity index (χ1n) is 11.4. The van der Waals surface area contributed by atoms with E-state index in [2.05, 4.69) is 17.3 Å². The van der Waals surface area contributed by atoms with Gasteiger partial charge in [0.2, 0.25) is 0 Å². The van der Waals surface area contributed by atoms with Crippen molar-refractivity contribution in [3.8, 4) is 0 Å². The van der Waals surface area contributed by atoms with Crippen LogP contribution in [0.25, 0.3) is 0 Å². The van der Waals surface area contributed by atoms with Crippen molar-refractivity contribution in [2.45, 2.75) is 25.8 Å². The Morgan fingerprint density at radius 2 is 1.91 bits per heavy atom. The van der Waals surface area contributed by atoms with E-state index in [1.807, 2.05) is 40.2 Å². The molecule has 2 aliphatic heterocycles. The van der Waals surface area contributed by atoms with E-state index >= 15 is 0 Å². The van der Waals surface area contributed by atoms with Crippen LogP contribution in [0.3, 0.4) is 0 Å². The maximum Gasteiger partial charge on any atom is 0.317 e. The first kappa shape index (κ1) is 22.9. The smallest absolute Gasteiger partial charge is 0.317 e. The Morgan fingerprint density at radius 1 is 1.15 bits per heavy atom. The van der Waals surface area contributed by atoms with Crippen LogP contribution in [0.5, 0.6) is 0 Å². The van der Waals surface area contributed by atoms with E-state index in [0.29, 0.717) is 25.3 Å². The predicted molar refractivity (Wildman–Crippen MR) is 127 cm³/mol. The lowest BCUT2D eigenvalue weighted by Crippen LogP contribution is -2.38. The summed E-state index contributed by atoms with van der Waals surface area (Å²) in [6.07, 6.45) is 3.40. The number of benzene rings is 2. The highest BCUT2D eigenvalue weighted by Crippen LogP contribution is 2.33. The molecule has 0 radical (unpaired) electrons. The van der Waals surface area contributed by atoms with Gasteiger partial charge >= 0.3 is 5.97 Å². The Kier molecular flexibility index (Phi) is 7.36. The number of amides is 1. The Hall–Kier alpha value is -3.23. The lowest BCUT2D eigenvalue weighted by atomic mass is 9.90. The highest BCUT2D eigenvalue weighted by Gasteiger charge is 2.27. The molecule has 174 valence electrons. The molecule has 1 fully saturated rings. The van der Waals surface area contributed by atoms with Gasteiger partial charge in [0.15, 0.2) is 0 Å². The number of ether oxygens (including phenoxy) is 1. The van der Waals surface area contributed by atoms with Gasteiger partial charge in [0, 0.05) is 23.8 Å². The van der Waals surface area contributed by atoms with E-state index in [9.17, 15) is 14.7 Å². The van der Waals surface area contributed by atoms with Crippen molar-refractivity contribution in [3.05, 3.63) is 64.7 Å². The number of hydrazone groups is 1.